The second-order valence-corrected chi connectivity index (χ2v) is 6.36. The van der Waals surface area contributed by atoms with Crippen LogP contribution in [0.25, 0.3) is 0 Å². The third-order valence-electron chi connectivity index (χ3n) is 4.50. The van der Waals surface area contributed by atoms with Gasteiger partial charge >= 0.3 is 0 Å². The SMILES string of the molecule is C=C(C)CCN1CCC2CN(C(C)C)CC2C1. The Morgan fingerprint density at radius 1 is 1.24 bits per heavy atom. The Morgan fingerprint density at radius 3 is 2.59 bits per heavy atom. The molecule has 2 atom stereocenters. The van der Waals surface area contributed by atoms with E-state index in [0.29, 0.717) is 0 Å². The third-order valence-corrected chi connectivity index (χ3v) is 4.50. The number of likely N-dealkylation sites (tertiary alicyclic amines) is 2. The van der Waals surface area contributed by atoms with Gasteiger partial charge in [-0.1, -0.05) is 5.57 Å². The standard InChI is InChI=1S/C15H28N2/c1-12(2)5-7-16-8-6-14-10-17(13(3)4)11-15(14)9-16/h13-15H,1,5-11H2,2-4H3. The maximum atomic E-state index is 4.01. The molecule has 2 saturated heterocycles. The van der Waals surface area contributed by atoms with Gasteiger partial charge < -0.3 is 9.80 Å². The van der Waals surface area contributed by atoms with Gasteiger partial charge in [-0.25, -0.2) is 0 Å². The van der Waals surface area contributed by atoms with Crippen molar-refractivity contribution in [3.8, 4) is 0 Å². The summed E-state index contributed by atoms with van der Waals surface area (Å²) in [6.45, 7) is 17.3. The number of hydrogen-bond acceptors (Lipinski definition) is 2. The van der Waals surface area contributed by atoms with Crippen LogP contribution in [0.4, 0.5) is 0 Å². The van der Waals surface area contributed by atoms with Crippen LogP contribution in [0.15, 0.2) is 12.2 Å². The Hall–Kier alpha value is -0.340. The lowest BCUT2D eigenvalue weighted by molar-refractivity contribution is 0.150. The summed E-state index contributed by atoms with van der Waals surface area (Å²) in [5, 5.41) is 0. The fraction of sp³-hybridized carbons (Fsp3) is 0.867. The minimum Gasteiger partial charge on any atom is -0.303 e. The van der Waals surface area contributed by atoms with Crippen molar-refractivity contribution in [2.75, 3.05) is 32.7 Å². The Bertz CT molecular complexity index is 272. The van der Waals surface area contributed by atoms with Gasteiger partial charge in [0, 0.05) is 32.2 Å². The molecule has 2 unspecified atom stereocenters. The minimum absolute atomic E-state index is 0.726. The fourth-order valence-corrected chi connectivity index (χ4v) is 3.25. The lowest BCUT2D eigenvalue weighted by atomic mass is 9.88. The summed E-state index contributed by atoms with van der Waals surface area (Å²) >= 11 is 0. The molecule has 0 bridgehead atoms. The Morgan fingerprint density at radius 2 is 1.94 bits per heavy atom. The first-order valence-corrected chi connectivity index (χ1v) is 7.17. The van der Waals surface area contributed by atoms with E-state index in [2.05, 4.69) is 37.1 Å². The minimum atomic E-state index is 0.726. The molecule has 0 N–H and O–H groups in total. The van der Waals surface area contributed by atoms with Crippen LogP contribution in [0.2, 0.25) is 0 Å². The lowest BCUT2D eigenvalue weighted by Gasteiger charge is -2.34. The zero-order valence-corrected chi connectivity index (χ0v) is 11.8. The molecule has 2 aliphatic rings. The highest BCUT2D eigenvalue weighted by molar-refractivity contribution is 4.93. The molecule has 0 aromatic heterocycles. The van der Waals surface area contributed by atoms with Crippen LogP contribution in [-0.2, 0) is 0 Å². The van der Waals surface area contributed by atoms with Crippen molar-refractivity contribution >= 4 is 0 Å². The largest absolute Gasteiger partial charge is 0.303 e. The Labute approximate surface area is 107 Å². The number of rotatable bonds is 4. The highest BCUT2D eigenvalue weighted by Gasteiger charge is 2.37. The smallest absolute Gasteiger partial charge is 0.00388 e. The summed E-state index contributed by atoms with van der Waals surface area (Å²) in [4.78, 5) is 5.32. The molecular weight excluding hydrogens is 208 g/mol. The summed E-state index contributed by atoms with van der Waals surface area (Å²) in [5.74, 6) is 1.90. The second-order valence-electron chi connectivity index (χ2n) is 6.36. The van der Waals surface area contributed by atoms with Crippen molar-refractivity contribution in [3.63, 3.8) is 0 Å². The molecule has 98 valence electrons. The van der Waals surface area contributed by atoms with Gasteiger partial charge in [-0.2, -0.15) is 0 Å². The summed E-state index contributed by atoms with van der Waals surface area (Å²) in [6, 6.07) is 0.726. The molecule has 2 heterocycles. The van der Waals surface area contributed by atoms with Crippen molar-refractivity contribution in [2.24, 2.45) is 11.8 Å². The van der Waals surface area contributed by atoms with E-state index in [0.717, 1.165) is 17.9 Å². The molecule has 0 spiro atoms. The molecule has 0 aliphatic carbocycles. The van der Waals surface area contributed by atoms with Crippen LogP contribution < -0.4 is 0 Å². The van der Waals surface area contributed by atoms with Gasteiger partial charge in [0.25, 0.3) is 0 Å². The second kappa shape index (κ2) is 5.53. The average Bonchev–Trinajstić information content (AvgIpc) is 2.69. The molecule has 2 nitrogen and oxygen atoms in total. The Kier molecular flexibility index (Phi) is 4.26. The molecule has 17 heavy (non-hydrogen) atoms. The third kappa shape index (κ3) is 3.32. The van der Waals surface area contributed by atoms with Crippen molar-refractivity contribution in [2.45, 2.75) is 39.7 Å². The van der Waals surface area contributed by atoms with Crippen molar-refractivity contribution < 1.29 is 0 Å². The number of hydrogen-bond donors (Lipinski definition) is 0. The Balaban J connectivity index is 1.81. The molecule has 0 aromatic carbocycles. The van der Waals surface area contributed by atoms with Crippen LogP contribution in [-0.4, -0.2) is 48.6 Å². The van der Waals surface area contributed by atoms with Gasteiger partial charge in [0.15, 0.2) is 0 Å². The normalized spacial score (nSPS) is 30.8. The number of nitrogens with zero attached hydrogens (tertiary/aromatic N) is 2. The molecule has 0 radical (unpaired) electrons. The summed E-state index contributed by atoms with van der Waals surface area (Å²) < 4.78 is 0. The van der Waals surface area contributed by atoms with Gasteiger partial charge in [-0.05, 0) is 52.0 Å². The highest BCUT2D eigenvalue weighted by Crippen LogP contribution is 2.32. The van der Waals surface area contributed by atoms with Crippen molar-refractivity contribution in [3.05, 3.63) is 12.2 Å². The highest BCUT2D eigenvalue weighted by atomic mass is 15.2. The van der Waals surface area contributed by atoms with Crippen LogP contribution in [0.5, 0.6) is 0 Å². The number of fused-ring (bicyclic) bond motifs is 1. The van der Waals surface area contributed by atoms with E-state index in [-0.39, 0.29) is 0 Å². The first-order chi connectivity index (χ1) is 8.06. The zero-order valence-electron chi connectivity index (χ0n) is 11.8. The topological polar surface area (TPSA) is 6.48 Å². The van der Waals surface area contributed by atoms with E-state index in [1.165, 1.54) is 51.1 Å². The van der Waals surface area contributed by atoms with Gasteiger partial charge in [-0.3, -0.25) is 0 Å². The van der Waals surface area contributed by atoms with Gasteiger partial charge in [-0.15, -0.1) is 6.58 Å². The van der Waals surface area contributed by atoms with Crippen LogP contribution in [0.1, 0.15) is 33.6 Å². The quantitative estimate of drug-likeness (QED) is 0.692. The maximum Gasteiger partial charge on any atom is 0.00388 e. The van der Waals surface area contributed by atoms with E-state index in [1.54, 1.807) is 0 Å². The molecule has 0 aromatic rings. The first kappa shape index (κ1) is 13.1. The molecule has 0 amide bonds. The van der Waals surface area contributed by atoms with Crippen molar-refractivity contribution in [1.82, 2.24) is 9.80 Å². The summed E-state index contributed by atoms with van der Waals surface area (Å²) in [7, 11) is 0. The predicted molar refractivity (Wildman–Crippen MR) is 74.2 cm³/mol. The molecule has 2 heteroatoms. The van der Waals surface area contributed by atoms with Crippen molar-refractivity contribution in [1.29, 1.82) is 0 Å². The molecule has 0 saturated carbocycles. The predicted octanol–water partition coefficient (Wildman–Crippen LogP) is 2.61. The number of piperidine rings is 1. The van der Waals surface area contributed by atoms with Crippen LogP contribution in [0.3, 0.4) is 0 Å². The van der Waals surface area contributed by atoms with E-state index in [4.69, 9.17) is 0 Å². The molecule has 2 rings (SSSR count). The van der Waals surface area contributed by atoms with Crippen LogP contribution >= 0.6 is 0 Å². The van der Waals surface area contributed by atoms with E-state index >= 15 is 0 Å². The zero-order chi connectivity index (χ0) is 12.4. The monoisotopic (exact) mass is 236 g/mol. The van der Waals surface area contributed by atoms with E-state index < -0.39 is 0 Å². The van der Waals surface area contributed by atoms with Gasteiger partial charge in [0.05, 0.1) is 0 Å². The van der Waals surface area contributed by atoms with Gasteiger partial charge in [0.2, 0.25) is 0 Å². The summed E-state index contributed by atoms with van der Waals surface area (Å²) in [6.07, 6.45) is 2.58. The average molecular weight is 236 g/mol. The van der Waals surface area contributed by atoms with Gasteiger partial charge in [0.1, 0.15) is 0 Å². The fourth-order valence-electron chi connectivity index (χ4n) is 3.25. The van der Waals surface area contributed by atoms with Crippen LogP contribution in [0, 0.1) is 11.8 Å². The lowest BCUT2D eigenvalue weighted by Crippen LogP contribution is -2.40. The first-order valence-electron chi connectivity index (χ1n) is 7.17. The molecule has 2 aliphatic heterocycles. The molecule has 2 fully saturated rings. The molecular formula is C15H28N2. The van der Waals surface area contributed by atoms with E-state index in [9.17, 15) is 0 Å². The maximum absolute atomic E-state index is 4.01. The van der Waals surface area contributed by atoms with E-state index in [1.807, 2.05) is 0 Å². The summed E-state index contributed by atoms with van der Waals surface area (Å²) in [5.41, 5.74) is 1.32.